The number of benzene rings is 2. The van der Waals surface area contributed by atoms with Gasteiger partial charge in [0.2, 0.25) is 0 Å². The average Bonchev–Trinajstić information content (AvgIpc) is 3.41. The molecule has 4 nitrogen and oxygen atoms in total. The number of anilines is 1. The minimum absolute atomic E-state index is 0.0226. The highest BCUT2D eigenvalue weighted by molar-refractivity contribution is 7.80. The second kappa shape index (κ2) is 8.33. The maximum atomic E-state index is 14.9. The van der Waals surface area contributed by atoms with Crippen molar-refractivity contribution in [1.29, 1.82) is 0 Å². The number of thiocarbonyl (C=S) groups is 1. The molecule has 8 heteroatoms. The minimum Gasteiger partial charge on any atom is -0.351 e. The Hall–Kier alpha value is -3.29. The van der Waals surface area contributed by atoms with E-state index in [4.69, 9.17) is 23.8 Å². The number of halogens is 3. The lowest BCUT2D eigenvalue weighted by atomic mass is 10.0. The Balaban J connectivity index is 1.69. The lowest BCUT2D eigenvalue weighted by Crippen LogP contribution is -2.31. The van der Waals surface area contributed by atoms with Crippen molar-refractivity contribution in [2.75, 3.05) is 4.90 Å². The van der Waals surface area contributed by atoms with Crippen molar-refractivity contribution in [3.8, 4) is 5.69 Å². The minimum atomic E-state index is -0.493. The summed E-state index contributed by atoms with van der Waals surface area (Å²) >= 11 is 11.7. The van der Waals surface area contributed by atoms with Gasteiger partial charge in [-0.15, -0.1) is 0 Å². The second-order valence-corrected chi connectivity index (χ2v) is 8.14. The molecule has 0 aliphatic carbocycles. The summed E-state index contributed by atoms with van der Waals surface area (Å²) in [5, 5.41) is 3.72. The van der Waals surface area contributed by atoms with Crippen molar-refractivity contribution < 1.29 is 8.78 Å². The van der Waals surface area contributed by atoms with Crippen molar-refractivity contribution in [1.82, 2.24) is 14.9 Å². The first-order valence-corrected chi connectivity index (χ1v) is 10.7. The molecule has 1 saturated heterocycles. The molecule has 1 aliphatic rings. The standard InChI is InChI=1S/C24H17ClF2N4S/c25-16-14-15(10-11-17(16)26)30-13-5-9-21(30)23-22(19-7-3-4-12-28-19)29-24(32)31(23)20-8-2-1-6-18(20)27/h1-14,22-23H,(H,29,32). The van der Waals surface area contributed by atoms with E-state index in [0.717, 1.165) is 11.4 Å². The van der Waals surface area contributed by atoms with Crippen LogP contribution in [-0.4, -0.2) is 14.7 Å². The van der Waals surface area contributed by atoms with Gasteiger partial charge in [-0.1, -0.05) is 29.8 Å². The highest BCUT2D eigenvalue weighted by atomic mass is 35.5. The summed E-state index contributed by atoms with van der Waals surface area (Å²) < 4.78 is 30.5. The SMILES string of the molecule is Fc1ccc(-n2cccc2C2C(c3ccccn3)NC(=S)N2c2ccccc2F)cc1Cl. The molecule has 2 unspecified atom stereocenters. The van der Waals surface area contributed by atoms with Crippen molar-refractivity contribution in [3.63, 3.8) is 0 Å². The molecule has 2 atom stereocenters. The van der Waals surface area contributed by atoms with Crippen molar-refractivity contribution >= 4 is 34.6 Å². The summed E-state index contributed by atoms with van der Waals surface area (Å²) in [5.74, 6) is -0.876. The number of aromatic nitrogens is 2. The second-order valence-electron chi connectivity index (χ2n) is 7.35. The van der Waals surface area contributed by atoms with Gasteiger partial charge in [-0.2, -0.15) is 0 Å². The first-order valence-electron chi connectivity index (χ1n) is 9.92. The van der Waals surface area contributed by atoms with E-state index < -0.39 is 11.9 Å². The number of rotatable bonds is 4. The summed E-state index contributed by atoms with van der Waals surface area (Å²) in [6.07, 6.45) is 3.57. The summed E-state index contributed by atoms with van der Waals surface area (Å²) in [4.78, 5) is 6.28. The molecule has 0 amide bonds. The van der Waals surface area contributed by atoms with Crippen LogP contribution in [0.3, 0.4) is 0 Å². The molecule has 4 aromatic rings. The fourth-order valence-electron chi connectivity index (χ4n) is 4.07. The zero-order valence-corrected chi connectivity index (χ0v) is 18.2. The Morgan fingerprint density at radius 2 is 1.75 bits per heavy atom. The Bertz CT molecular complexity index is 1290. The zero-order chi connectivity index (χ0) is 22.2. The van der Waals surface area contributed by atoms with Gasteiger partial charge >= 0.3 is 0 Å². The lowest BCUT2D eigenvalue weighted by Gasteiger charge is -2.29. The van der Waals surface area contributed by atoms with Gasteiger partial charge in [0, 0.05) is 23.8 Å². The van der Waals surface area contributed by atoms with Crippen LogP contribution in [0.5, 0.6) is 0 Å². The largest absolute Gasteiger partial charge is 0.351 e. The highest BCUT2D eigenvalue weighted by Crippen LogP contribution is 2.43. The summed E-state index contributed by atoms with van der Waals surface area (Å²) in [7, 11) is 0. The molecular weight excluding hydrogens is 450 g/mol. The third kappa shape index (κ3) is 3.53. The first-order chi connectivity index (χ1) is 15.5. The number of nitrogens with one attached hydrogen (secondary N) is 1. The maximum Gasteiger partial charge on any atom is 0.174 e. The molecule has 3 heterocycles. The molecule has 5 rings (SSSR count). The molecule has 1 fully saturated rings. The number of hydrogen-bond donors (Lipinski definition) is 1. The number of hydrogen-bond acceptors (Lipinski definition) is 2. The lowest BCUT2D eigenvalue weighted by molar-refractivity contribution is 0.541. The van der Waals surface area contributed by atoms with Crippen molar-refractivity contribution in [2.24, 2.45) is 0 Å². The van der Waals surface area contributed by atoms with Crippen molar-refractivity contribution in [2.45, 2.75) is 12.1 Å². The van der Waals surface area contributed by atoms with Gasteiger partial charge in [0.05, 0.1) is 22.4 Å². The molecule has 2 aromatic carbocycles. The third-order valence-electron chi connectivity index (χ3n) is 5.47. The molecule has 32 heavy (non-hydrogen) atoms. The van der Waals surface area contributed by atoms with E-state index >= 15 is 0 Å². The number of nitrogens with zero attached hydrogens (tertiary/aromatic N) is 3. The van der Waals surface area contributed by atoms with Gasteiger partial charge in [-0.3, -0.25) is 4.98 Å². The van der Waals surface area contributed by atoms with E-state index in [0.29, 0.717) is 16.5 Å². The van der Waals surface area contributed by atoms with E-state index in [1.807, 2.05) is 41.1 Å². The van der Waals surface area contributed by atoms with E-state index in [-0.39, 0.29) is 16.9 Å². The van der Waals surface area contributed by atoms with Gasteiger partial charge in [0.15, 0.2) is 5.11 Å². The van der Waals surface area contributed by atoms with E-state index in [2.05, 4.69) is 10.3 Å². The number of para-hydroxylation sites is 1. The predicted molar refractivity (Wildman–Crippen MR) is 125 cm³/mol. The monoisotopic (exact) mass is 466 g/mol. The van der Waals surface area contributed by atoms with Crippen LogP contribution in [0.1, 0.15) is 23.5 Å². The van der Waals surface area contributed by atoms with Crippen LogP contribution in [0.2, 0.25) is 5.02 Å². The predicted octanol–water partition coefficient (Wildman–Crippen LogP) is 5.98. The van der Waals surface area contributed by atoms with E-state index in [1.54, 1.807) is 41.4 Å². The zero-order valence-electron chi connectivity index (χ0n) is 16.6. The summed E-state index contributed by atoms with van der Waals surface area (Å²) in [6, 6.07) is 19.7. The number of pyridine rings is 1. The van der Waals surface area contributed by atoms with Crippen LogP contribution >= 0.6 is 23.8 Å². The quantitative estimate of drug-likeness (QED) is 0.375. The molecule has 0 bridgehead atoms. The maximum absolute atomic E-state index is 14.9. The Kier molecular flexibility index (Phi) is 5.36. The molecular formula is C24H17ClF2N4S. The molecule has 2 aromatic heterocycles. The smallest absolute Gasteiger partial charge is 0.174 e. The fourth-order valence-corrected chi connectivity index (χ4v) is 4.58. The van der Waals surface area contributed by atoms with Crippen LogP contribution in [-0.2, 0) is 0 Å². The first kappa shape index (κ1) is 20.6. The Labute approximate surface area is 194 Å². The Morgan fingerprint density at radius 1 is 0.938 bits per heavy atom. The van der Waals surface area contributed by atoms with Crippen LogP contribution in [0, 0.1) is 11.6 Å². The molecule has 0 spiro atoms. The summed E-state index contributed by atoms with van der Waals surface area (Å²) in [6.45, 7) is 0. The van der Waals surface area contributed by atoms with Crippen LogP contribution < -0.4 is 10.2 Å². The highest BCUT2D eigenvalue weighted by Gasteiger charge is 2.43. The van der Waals surface area contributed by atoms with Crippen LogP contribution in [0.4, 0.5) is 14.5 Å². The van der Waals surface area contributed by atoms with E-state index in [1.165, 1.54) is 12.1 Å². The summed E-state index contributed by atoms with van der Waals surface area (Å²) in [5.41, 5.74) is 2.63. The Morgan fingerprint density at radius 3 is 2.50 bits per heavy atom. The third-order valence-corrected chi connectivity index (χ3v) is 6.08. The van der Waals surface area contributed by atoms with Gasteiger partial charge in [0.25, 0.3) is 0 Å². The van der Waals surface area contributed by atoms with Crippen LogP contribution in [0.15, 0.2) is 85.2 Å². The fraction of sp³-hybridized carbons (Fsp3) is 0.0833. The molecule has 0 radical (unpaired) electrons. The van der Waals surface area contributed by atoms with Gasteiger partial charge in [-0.05, 0) is 66.8 Å². The molecule has 0 saturated carbocycles. The normalized spacial score (nSPS) is 18.1. The molecule has 1 N–H and O–H groups in total. The van der Waals surface area contributed by atoms with Gasteiger partial charge in [0.1, 0.15) is 17.7 Å². The van der Waals surface area contributed by atoms with Gasteiger partial charge < -0.3 is 14.8 Å². The molecule has 160 valence electrons. The molecule has 1 aliphatic heterocycles. The topological polar surface area (TPSA) is 33.1 Å². The van der Waals surface area contributed by atoms with Gasteiger partial charge in [-0.25, -0.2) is 8.78 Å². The van der Waals surface area contributed by atoms with Crippen molar-refractivity contribution in [3.05, 3.63) is 113 Å². The van der Waals surface area contributed by atoms with E-state index in [9.17, 15) is 8.78 Å². The van der Waals surface area contributed by atoms with Crippen LogP contribution in [0.25, 0.3) is 5.69 Å². The average molecular weight is 467 g/mol.